The minimum absolute atomic E-state index is 0.191. The summed E-state index contributed by atoms with van der Waals surface area (Å²) < 4.78 is 0.741. The Kier molecular flexibility index (Phi) is 2.12. The Morgan fingerprint density at radius 1 is 1.43 bits per heavy atom. The zero-order chi connectivity index (χ0) is 10.5. The van der Waals surface area contributed by atoms with Crippen molar-refractivity contribution in [1.29, 1.82) is 0 Å². The average Bonchev–Trinajstić information content (AvgIpc) is 2.58. The van der Waals surface area contributed by atoms with Crippen LogP contribution in [0.1, 0.15) is 25.3 Å². The number of phenolic OH excluding ortho intramolecular Hbond substituents is 1. The molecule has 0 spiro atoms. The Morgan fingerprint density at radius 2 is 2.00 bits per heavy atom. The molecule has 76 valence electrons. The molecule has 1 fully saturated rings. The van der Waals surface area contributed by atoms with Gasteiger partial charge in [-0.2, -0.15) is 0 Å². The summed E-state index contributed by atoms with van der Waals surface area (Å²) in [7, 11) is 0. The van der Waals surface area contributed by atoms with E-state index in [0.717, 1.165) is 4.47 Å². The zero-order valence-corrected chi connectivity index (χ0v) is 9.88. The monoisotopic (exact) mass is 255 g/mol. The van der Waals surface area contributed by atoms with Crippen LogP contribution in [0.25, 0.3) is 0 Å². The van der Waals surface area contributed by atoms with Crippen LogP contribution in [0.4, 0.5) is 0 Å². The molecule has 0 unspecified atom stereocenters. The molecule has 1 aliphatic rings. The minimum Gasteiger partial charge on any atom is -0.507 e. The Bertz CT molecular complexity index is 376. The fourth-order valence-electron chi connectivity index (χ4n) is 2.03. The van der Waals surface area contributed by atoms with Gasteiger partial charge in [0.05, 0.1) is 4.47 Å². The maximum atomic E-state index is 9.36. The molecule has 0 aliphatic heterocycles. The van der Waals surface area contributed by atoms with Gasteiger partial charge in [-0.1, -0.05) is 19.9 Å². The molecule has 0 heterocycles. The van der Waals surface area contributed by atoms with Gasteiger partial charge in [-0.25, -0.2) is 0 Å². The van der Waals surface area contributed by atoms with Crippen molar-refractivity contribution in [3.8, 4) is 5.75 Å². The highest BCUT2D eigenvalue weighted by atomic mass is 79.9. The van der Waals surface area contributed by atoms with Crippen LogP contribution in [-0.2, 0) is 0 Å². The molecule has 0 saturated heterocycles. The molecule has 0 bridgehead atoms. The highest BCUT2D eigenvalue weighted by Gasteiger charge is 2.56. The number of hydrogen-bond acceptors (Lipinski definition) is 2. The van der Waals surface area contributed by atoms with Gasteiger partial charge in [0.2, 0.25) is 0 Å². The van der Waals surface area contributed by atoms with E-state index in [1.54, 1.807) is 6.07 Å². The first-order valence-electron chi connectivity index (χ1n) is 4.68. The normalized spacial score (nSPS) is 28.9. The third-order valence-corrected chi connectivity index (χ3v) is 3.88. The second kappa shape index (κ2) is 2.97. The Morgan fingerprint density at radius 3 is 2.43 bits per heavy atom. The first-order chi connectivity index (χ1) is 6.44. The lowest BCUT2D eigenvalue weighted by Crippen LogP contribution is -2.06. The number of nitrogens with two attached hydrogens (primary N) is 1. The largest absolute Gasteiger partial charge is 0.507 e. The number of aromatic hydroxyl groups is 1. The summed E-state index contributed by atoms with van der Waals surface area (Å²) in [4.78, 5) is 0. The van der Waals surface area contributed by atoms with Crippen LogP contribution < -0.4 is 5.73 Å². The summed E-state index contributed by atoms with van der Waals surface area (Å²) in [6.45, 7) is 4.34. The molecular formula is C11H14BrNO. The molecule has 1 saturated carbocycles. The van der Waals surface area contributed by atoms with Crippen LogP contribution in [-0.4, -0.2) is 11.1 Å². The average molecular weight is 256 g/mol. The van der Waals surface area contributed by atoms with Gasteiger partial charge in [0.1, 0.15) is 5.75 Å². The maximum Gasteiger partial charge on any atom is 0.129 e. The van der Waals surface area contributed by atoms with E-state index in [1.165, 1.54) is 5.56 Å². The molecule has 3 N–H and O–H groups in total. The van der Waals surface area contributed by atoms with Crippen molar-refractivity contribution in [3.05, 3.63) is 28.2 Å². The number of phenols is 1. The van der Waals surface area contributed by atoms with Crippen LogP contribution in [0.15, 0.2) is 22.7 Å². The van der Waals surface area contributed by atoms with Crippen LogP contribution in [0.2, 0.25) is 0 Å². The Labute approximate surface area is 92.3 Å². The summed E-state index contributed by atoms with van der Waals surface area (Å²) in [5.74, 6) is 0.695. The third kappa shape index (κ3) is 1.35. The van der Waals surface area contributed by atoms with Gasteiger partial charge < -0.3 is 10.8 Å². The highest BCUT2D eigenvalue weighted by molar-refractivity contribution is 9.10. The second-order valence-electron chi connectivity index (χ2n) is 4.54. The molecule has 2 rings (SSSR count). The van der Waals surface area contributed by atoms with Crippen LogP contribution in [0.3, 0.4) is 0 Å². The molecule has 2 nitrogen and oxygen atoms in total. The van der Waals surface area contributed by atoms with Crippen molar-refractivity contribution in [2.75, 3.05) is 0 Å². The molecule has 0 radical (unpaired) electrons. The van der Waals surface area contributed by atoms with E-state index in [-0.39, 0.29) is 17.2 Å². The van der Waals surface area contributed by atoms with Gasteiger partial charge in [-0.15, -0.1) is 0 Å². The predicted molar refractivity (Wildman–Crippen MR) is 60.3 cm³/mol. The van der Waals surface area contributed by atoms with Crippen molar-refractivity contribution in [2.45, 2.75) is 25.8 Å². The van der Waals surface area contributed by atoms with Crippen molar-refractivity contribution in [1.82, 2.24) is 0 Å². The van der Waals surface area contributed by atoms with Crippen molar-refractivity contribution in [3.63, 3.8) is 0 Å². The summed E-state index contributed by atoms with van der Waals surface area (Å²) >= 11 is 3.31. The van der Waals surface area contributed by atoms with E-state index in [2.05, 4.69) is 29.8 Å². The lowest BCUT2D eigenvalue weighted by Gasteiger charge is -2.04. The molecule has 14 heavy (non-hydrogen) atoms. The lowest BCUT2D eigenvalue weighted by molar-refractivity contribution is 0.471. The van der Waals surface area contributed by atoms with Gasteiger partial charge in [0.15, 0.2) is 0 Å². The van der Waals surface area contributed by atoms with E-state index in [4.69, 9.17) is 5.73 Å². The number of halogens is 1. The van der Waals surface area contributed by atoms with E-state index in [1.807, 2.05) is 12.1 Å². The minimum atomic E-state index is 0.191. The first-order valence-corrected chi connectivity index (χ1v) is 5.48. The van der Waals surface area contributed by atoms with Crippen molar-refractivity contribution < 1.29 is 5.11 Å². The van der Waals surface area contributed by atoms with E-state index >= 15 is 0 Å². The van der Waals surface area contributed by atoms with Crippen LogP contribution >= 0.6 is 15.9 Å². The highest BCUT2D eigenvalue weighted by Crippen LogP contribution is 2.57. The van der Waals surface area contributed by atoms with Crippen molar-refractivity contribution >= 4 is 15.9 Å². The predicted octanol–water partition coefficient (Wildman–Crippen LogP) is 2.61. The van der Waals surface area contributed by atoms with Crippen LogP contribution in [0.5, 0.6) is 5.75 Å². The molecule has 2 atom stereocenters. The van der Waals surface area contributed by atoms with Gasteiger partial charge >= 0.3 is 0 Å². The summed E-state index contributed by atoms with van der Waals surface area (Å²) in [6.07, 6.45) is 0. The SMILES string of the molecule is CC1(C)[C@@H](N)[C@@H]1c1ccc(O)c(Br)c1. The fraction of sp³-hybridized carbons (Fsp3) is 0.455. The molecular weight excluding hydrogens is 242 g/mol. The van der Waals surface area contributed by atoms with Gasteiger partial charge in [-0.05, 0) is 39.0 Å². The molecule has 1 aromatic carbocycles. The maximum absolute atomic E-state index is 9.36. The zero-order valence-electron chi connectivity index (χ0n) is 8.29. The van der Waals surface area contributed by atoms with E-state index in [0.29, 0.717) is 5.92 Å². The first kappa shape index (κ1) is 9.99. The van der Waals surface area contributed by atoms with Gasteiger partial charge in [-0.3, -0.25) is 0 Å². The smallest absolute Gasteiger partial charge is 0.129 e. The van der Waals surface area contributed by atoms with Crippen molar-refractivity contribution in [2.24, 2.45) is 11.1 Å². The lowest BCUT2D eigenvalue weighted by atomic mass is 10.0. The molecule has 1 aromatic rings. The standard InChI is InChI=1S/C11H14BrNO/c1-11(2)9(10(11)13)6-3-4-8(14)7(12)5-6/h3-5,9-10,14H,13H2,1-2H3/t9-,10-/m0/s1. The van der Waals surface area contributed by atoms with Gasteiger partial charge in [0.25, 0.3) is 0 Å². The Hall–Kier alpha value is -0.540. The summed E-state index contributed by atoms with van der Waals surface area (Å²) in [6, 6.07) is 5.84. The van der Waals surface area contributed by atoms with Crippen LogP contribution in [0, 0.1) is 5.41 Å². The fourth-order valence-corrected chi connectivity index (χ4v) is 2.43. The Balaban J connectivity index is 2.32. The quantitative estimate of drug-likeness (QED) is 0.811. The number of benzene rings is 1. The van der Waals surface area contributed by atoms with E-state index in [9.17, 15) is 5.11 Å². The topological polar surface area (TPSA) is 46.2 Å². The third-order valence-electron chi connectivity index (χ3n) is 3.24. The summed E-state index contributed by atoms with van der Waals surface area (Å²) in [5, 5.41) is 9.36. The second-order valence-corrected chi connectivity index (χ2v) is 5.39. The van der Waals surface area contributed by atoms with Gasteiger partial charge in [0, 0.05) is 12.0 Å². The van der Waals surface area contributed by atoms with E-state index < -0.39 is 0 Å². The molecule has 1 aliphatic carbocycles. The molecule has 0 amide bonds. The molecule has 3 heteroatoms. The number of hydrogen-bond donors (Lipinski definition) is 2. The number of rotatable bonds is 1. The summed E-state index contributed by atoms with van der Waals surface area (Å²) in [5.41, 5.74) is 7.38. The molecule has 0 aromatic heterocycles.